The van der Waals surface area contributed by atoms with Gasteiger partial charge in [-0.2, -0.15) is 5.26 Å². The zero-order chi connectivity index (χ0) is 24.4. The molecule has 0 aliphatic heterocycles. The van der Waals surface area contributed by atoms with Gasteiger partial charge in [-0.25, -0.2) is 14.8 Å². The number of amides is 1. The Morgan fingerprint density at radius 2 is 2.09 bits per heavy atom. The second-order valence-corrected chi connectivity index (χ2v) is 8.53. The van der Waals surface area contributed by atoms with Crippen molar-refractivity contribution in [3.63, 3.8) is 0 Å². The summed E-state index contributed by atoms with van der Waals surface area (Å²) in [7, 11) is 1.83. The molecule has 0 saturated heterocycles. The zero-order valence-corrected chi connectivity index (χ0v) is 19.5. The molecule has 0 fully saturated rings. The van der Waals surface area contributed by atoms with E-state index in [0.29, 0.717) is 36.7 Å². The third kappa shape index (κ3) is 4.42. The van der Waals surface area contributed by atoms with Crippen molar-refractivity contribution < 1.29 is 19.4 Å². The van der Waals surface area contributed by atoms with Crippen molar-refractivity contribution in [2.24, 2.45) is 0 Å². The van der Waals surface area contributed by atoms with Gasteiger partial charge in [-0.1, -0.05) is 11.3 Å². The van der Waals surface area contributed by atoms with Crippen LogP contribution in [0.25, 0.3) is 32.2 Å². The van der Waals surface area contributed by atoms with Crippen LogP contribution in [0.5, 0.6) is 5.75 Å². The van der Waals surface area contributed by atoms with E-state index in [9.17, 15) is 10.1 Å². The molecule has 5 rings (SSSR count). The van der Waals surface area contributed by atoms with E-state index in [1.807, 2.05) is 46.4 Å². The minimum absolute atomic E-state index is 0.240. The van der Waals surface area contributed by atoms with Crippen molar-refractivity contribution in [1.29, 1.82) is 5.26 Å². The molecule has 35 heavy (non-hydrogen) atoms. The monoisotopic (exact) mass is 491 g/mol. The van der Waals surface area contributed by atoms with Crippen molar-refractivity contribution in [1.82, 2.24) is 24.1 Å². The van der Waals surface area contributed by atoms with Gasteiger partial charge in [0.05, 0.1) is 35.1 Å². The van der Waals surface area contributed by atoms with Gasteiger partial charge in [-0.3, -0.25) is 8.80 Å². The number of nitriles is 1. The predicted octanol–water partition coefficient (Wildman–Crippen LogP) is 3.44. The standard InChI is InChI=1S/C23H21N7O4S/c1-25-21-20(28-19-10-14(12-24)4-6-29(19)21)16-13-30-17-3-2-15(11-18(17)35-22(30)27-16)34-9-8-33-7-5-26-23(31)32/h2-4,6,10-11,13,25-26H,5,7-9H2,1H3,(H,31,32). The smallest absolute Gasteiger partial charge is 0.404 e. The summed E-state index contributed by atoms with van der Waals surface area (Å²) >= 11 is 1.55. The minimum atomic E-state index is -1.07. The number of benzene rings is 1. The summed E-state index contributed by atoms with van der Waals surface area (Å²) in [6, 6.07) is 11.5. The highest BCUT2D eigenvalue weighted by molar-refractivity contribution is 7.23. The number of carboxylic acid groups (broad SMARTS) is 1. The fourth-order valence-electron chi connectivity index (χ4n) is 3.77. The fraction of sp³-hybridized carbons (Fsp3) is 0.217. The van der Waals surface area contributed by atoms with Crippen LogP contribution in [0, 0.1) is 11.3 Å². The Balaban J connectivity index is 1.33. The number of aromatic nitrogens is 4. The predicted molar refractivity (Wildman–Crippen MR) is 131 cm³/mol. The Labute approximate surface area is 203 Å². The molecular weight excluding hydrogens is 470 g/mol. The Morgan fingerprint density at radius 1 is 1.20 bits per heavy atom. The van der Waals surface area contributed by atoms with Gasteiger partial charge in [-0.05, 0) is 30.3 Å². The van der Waals surface area contributed by atoms with E-state index >= 15 is 0 Å². The summed E-state index contributed by atoms with van der Waals surface area (Å²) in [5.41, 5.74) is 3.68. The van der Waals surface area contributed by atoms with Crippen LogP contribution in [0.4, 0.5) is 10.6 Å². The SMILES string of the molecule is CNc1c(-c2cn3c(n2)sc2cc(OCCOCCNC(=O)O)ccc23)nc2cc(C#N)ccn12. The quantitative estimate of drug-likeness (QED) is 0.267. The summed E-state index contributed by atoms with van der Waals surface area (Å²) in [5.74, 6) is 1.52. The molecule has 5 aromatic rings. The van der Waals surface area contributed by atoms with Crippen LogP contribution in [0.2, 0.25) is 0 Å². The van der Waals surface area contributed by atoms with Gasteiger partial charge in [0, 0.05) is 26.0 Å². The van der Waals surface area contributed by atoms with Crippen molar-refractivity contribution in [3.8, 4) is 23.2 Å². The lowest BCUT2D eigenvalue weighted by atomic mass is 10.3. The van der Waals surface area contributed by atoms with E-state index in [-0.39, 0.29) is 6.54 Å². The molecule has 178 valence electrons. The molecule has 11 nitrogen and oxygen atoms in total. The third-order valence-electron chi connectivity index (χ3n) is 5.32. The van der Waals surface area contributed by atoms with Crippen LogP contribution in [0.3, 0.4) is 0 Å². The van der Waals surface area contributed by atoms with E-state index in [2.05, 4.69) is 16.7 Å². The maximum atomic E-state index is 10.4. The average Bonchev–Trinajstić information content (AvgIpc) is 3.52. The van der Waals surface area contributed by atoms with Gasteiger partial charge in [0.15, 0.2) is 4.96 Å². The number of imidazole rings is 2. The van der Waals surface area contributed by atoms with Crippen LogP contribution < -0.4 is 15.4 Å². The van der Waals surface area contributed by atoms with E-state index in [0.717, 1.165) is 32.4 Å². The lowest BCUT2D eigenvalue weighted by molar-refractivity contribution is 0.101. The highest BCUT2D eigenvalue weighted by Gasteiger charge is 2.18. The number of nitrogens with zero attached hydrogens (tertiary/aromatic N) is 5. The van der Waals surface area contributed by atoms with E-state index in [1.165, 1.54) is 0 Å². The maximum absolute atomic E-state index is 10.4. The molecule has 0 radical (unpaired) electrons. The molecule has 4 aromatic heterocycles. The first-order valence-electron chi connectivity index (χ1n) is 10.8. The Hall–Kier alpha value is -4.34. The Morgan fingerprint density at radius 3 is 2.89 bits per heavy atom. The summed E-state index contributed by atoms with van der Waals surface area (Å²) in [4.78, 5) is 20.7. The Bertz CT molecular complexity index is 1580. The van der Waals surface area contributed by atoms with Gasteiger partial charge < -0.3 is 25.2 Å². The minimum Gasteiger partial charge on any atom is -0.491 e. The van der Waals surface area contributed by atoms with Gasteiger partial charge in [0.2, 0.25) is 0 Å². The molecule has 4 heterocycles. The molecule has 0 atom stereocenters. The maximum Gasteiger partial charge on any atom is 0.404 e. The summed E-state index contributed by atoms with van der Waals surface area (Å²) < 4.78 is 16.1. The molecule has 0 saturated carbocycles. The molecule has 0 spiro atoms. The molecule has 0 aliphatic carbocycles. The number of rotatable bonds is 9. The number of carbonyl (C=O) groups is 1. The highest BCUT2D eigenvalue weighted by atomic mass is 32.1. The molecule has 0 aliphatic rings. The number of thiazole rings is 1. The molecule has 0 bridgehead atoms. The van der Waals surface area contributed by atoms with Crippen LogP contribution in [-0.4, -0.2) is 63.4 Å². The Kier molecular flexibility index (Phi) is 6.09. The van der Waals surface area contributed by atoms with Gasteiger partial charge in [0.25, 0.3) is 0 Å². The first-order chi connectivity index (χ1) is 17.1. The van der Waals surface area contributed by atoms with Crippen molar-refractivity contribution >= 4 is 44.1 Å². The first-order valence-corrected chi connectivity index (χ1v) is 11.6. The second kappa shape index (κ2) is 9.49. The van der Waals surface area contributed by atoms with Crippen molar-refractivity contribution in [2.45, 2.75) is 0 Å². The first kappa shape index (κ1) is 22.5. The van der Waals surface area contributed by atoms with Gasteiger partial charge in [-0.15, -0.1) is 0 Å². The average molecular weight is 492 g/mol. The number of ether oxygens (including phenoxy) is 2. The highest BCUT2D eigenvalue weighted by Crippen LogP contribution is 2.34. The molecule has 1 aromatic carbocycles. The summed E-state index contributed by atoms with van der Waals surface area (Å²) in [5, 5.41) is 23.1. The van der Waals surface area contributed by atoms with Crippen LogP contribution in [0.1, 0.15) is 5.56 Å². The topological polar surface area (TPSA) is 138 Å². The van der Waals surface area contributed by atoms with Crippen molar-refractivity contribution in [2.75, 3.05) is 38.7 Å². The summed E-state index contributed by atoms with van der Waals surface area (Å²) in [6.45, 7) is 1.25. The van der Waals surface area contributed by atoms with Crippen LogP contribution in [0.15, 0.2) is 42.7 Å². The van der Waals surface area contributed by atoms with Gasteiger partial charge >= 0.3 is 6.09 Å². The number of nitrogens with one attached hydrogen (secondary N) is 2. The molecule has 0 unspecified atom stereocenters. The zero-order valence-electron chi connectivity index (χ0n) is 18.7. The normalized spacial score (nSPS) is 11.2. The largest absolute Gasteiger partial charge is 0.491 e. The number of anilines is 1. The van der Waals surface area contributed by atoms with E-state index in [4.69, 9.17) is 24.5 Å². The van der Waals surface area contributed by atoms with Gasteiger partial charge in [0.1, 0.15) is 35.2 Å². The number of fused-ring (bicyclic) bond motifs is 4. The lowest BCUT2D eigenvalue weighted by Crippen LogP contribution is -2.25. The number of hydrogen-bond donors (Lipinski definition) is 3. The van der Waals surface area contributed by atoms with Crippen molar-refractivity contribution in [3.05, 3.63) is 48.3 Å². The third-order valence-corrected chi connectivity index (χ3v) is 6.34. The number of hydrogen-bond acceptors (Lipinski definition) is 8. The molecule has 1 amide bonds. The summed E-state index contributed by atoms with van der Waals surface area (Å²) in [6.07, 6.45) is 2.72. The van der Waals surface area contributed by atoms with Crippen LogP contribution >= 0.6 is 11.3 Å². The van der Waals surface area contributed by atoms with E-state index < -0.39 is 6.09 Å². The van der Waals surface area contributed by atoms with E-state index in [1.54, 1.807) is 23.5 Å². The lowest BCUT2D eigenvalue weighted by Gasteiger charge is -2.07. The molecule has 3 N–H and O–H groups in total. The van der Waals surface area contributed by atoms with Crippen LogP contribution in [-0.2, 0) is 4.74 Å². The molecule has 12 heteroatoms. The molecular formula is C23H21N7O4S. The number of pyridine rings is 1. The second-order valence-electron chi connectivity index (χ2n) is 7.52. The fourth-order valence-corrected chi connectivity index (χ4v) is 4.80.